The first kappa shape index (κ1) is 26.6. The maximum atomic E-state index is 12.2. The van der Waals surface area contributed by atoms with Crippen LogP contribution in [0.3, 0.4) is 0 Å². The number of esters is 1. The van der Waals surface area contributed by atoms with Gasteiger partial charge < -0.3 is 4.74 Å². The molecule has 3 N–H and O–H groups in total. The molecule has 1 aromatic carbocycles. The summed E-state index contributed by atoms with van der Waals surface area (Å²) in [7, 11) is -3.79. The summed E-state index contributed by atoms with van der Waals surface area (Å²) < 4.78 is 30.2. The lowest BCUT2D eigenvalue weighted by Gasteiger charge is -2.08. The largest absolute Gasteiger partial charge is 0.461 e. The topological polar surface area (TPSA) is 172 Å². The number of thiazole rings is 1. The lowest BCUT2D eigenvalue weighted by atomic mass is 9.98. The molecular formula is C23H28N8O4S2. The first-order valence-corrected chi connectivity index (χ1v) is 14.3. The van der Waals surface area contributed by atoms with E-state index in [2.05, 4.69) is 32.5 Å². The fourth-order valence-corrected chi connectivity index (χ4v) is 5.17. The molecule has 14 heteroatoms. The number of sulfonamides is 1. The van der Waals surface area contributed by atoms with Crippen LogP contribution in [0, 0.1) is 0 Å². The van der Waals surface area contributed by atoms with Crippen molar-refractivity contribution in [1.82, 2.24) is 35.4 Å². The minimum Gasteiger partial charge on any atom is -0.461 e. The molecule has 0 aliphatic heterocycles. The van der Waals surface area contributed by atoms with Gasteiger partial charge in [-0.05, 0) is 37.5 Å². The minimum atomic E-state index is -3.79. The Morgan fingerprint density at radius 2 is 1.95 bits per heavy atom. The summed E-state index contributed by atoms with van der Waals surface area (Å²) in [5.41, 5.74) is 3.79. The average molecular weight is 545 g/mol. The summed E-state index contributed by atoms with van der Waals surface area (Å²) in [6, 6.07) is 6.48. The first-order chi connectivity index (χ1) is 17.8. The van der Waals surface area contributed by atoms with E-state index < -0.39 is 16.0 Å². The van der Waals surface area contributed by atoms with E-state index in [4.69, 9.17) is 15.0 Å². The number of carbonyl (C=O) groups excluding carboxylic acids is 1. The molecule has 0 aliphatic carbocycles. The Kier molecular flexibility index (Phi) is 8.41. The van der Waals surface area contributed by atoms with Gasteiger partial charge in [0.05, 0.1) is 29.3 Å². The third-order valence-corrected chi connectivity index (χ3v) is 7.44. The number of nitrogens with two attached hydrogens (primary N) is 1. The highest BCUT2D eigenvalue weighted by Gasteiger charge is 2.23. The number of nitrogens with one attached hydrogen (secondary N) is 1. The van der Waals surface area contributed by atoms with Crippen LogP contribution in [0.15, 0.2) is 34.5 Å². The van der Waals surface area contributed by atoms with Gasteiger partial charge in [0.15, 0.2) is 11.5 Å². The van der Waals surface area contributed by atoms with Crippen molar-refractivity contribution >= 4 is 27.3 Å². The van der Waals surface area contributed by atoms with Crippen LogP contribution in [0.1, 0.15) is 71.9 Å². The molecular weight excluding hydrogens is 516 g/mol. The number of tetrazole rings is 1. The van der Waals surface area contributed by atoms with Crippen LogP contribution >= 0.6 is 11.3 Å². The fraction of sp³-hybridized carbons (Fsp3) is 0.391. The molecule has 0 saturated heterocycles. The molecule has 0 saturated carbocycles. The molecule has 0 radical (unpaired) electrons. The van der Waals surface area contributed by atoms with Gasteiger partial charge in [-0.25, -0.2) is 28.0 Å². The average Bonchev–Trinajstić information content (AvgIpc) is 3.62. The van der Waals surface area contributed by atoms with Gasteiger partial charge in [0, 0.05) is 17.4 Å². The second-order valence-electron chi connectivity index (χ2n) is 8.35. The van der Waals surface area contributed by atoms with E-state index in [1.54, 1.807) is 29.1 Å². The lowest BCUT2D eigenvalue weighted by Crippen LogP contribution is -2.12. The summed E-state index contributed by atoms with van der Waals surface area (Å²) >= 11 is 1.29. The van der Waals surface area contributed by atoms with Crippen molar-refractivity contribution in [1.29, 1.82) is 0 Å². The number of aromatic amines is 1. The SMILES string of the molecule is CCCCCc1nn(-c2nc(C(=O)OCC)cs2)c(Cc2nn[nH]n2)c1Cc1ccc(S(N)(=O)=O)cc1. The molecule has 4 rings (SSSR count). The van der Waals surface area contributed by atoms with E-state index in [1.165, 1.54) is 23.5 Å². The summed E-state index contributed by atoms with van der Waals surface area (Å²) in [5, 5.41) is 26.7. The Hall–Kier alpha value is -3.49. The summed E-state index contributed by atoms with van der Waals surface area (Å²) in [6.45, 7) is 4.14. The van der Waals surface area contributed by atoms with Gasteiger partial charge in [0.2, 0.25) is 15.2 Å². The van der Waals surface area contributed by atoms with Crippen molar-refractivity contribution in [2.45, 2.75) is 57.3 Å². The van der Waals surface area contributed by atoms with Crippen molar-refractivity contribution in [2.75, 3.05) is 6.61 Å². The summed E-state index contributed by atoms with van der Waals surface area (Å²) in [6.07, 6.45) is 4.65. The van der Waals surface area contributed by atoms with Gasteiger partial charge in [-0.1, -0.05) is 37.1 Å². The maximum Gasteiger partial charge on any atom is 0.357 e. The number of nitrogens with zero attached hydrogens (tertiary/aromatic N) is 6. The van der Waals surface area contributed by atoms with E-state index in [9.17, 15) is 13.2 Å². The fourth-order valence-electron chi connectivity index (χ4n) is 3.89. The van der Waals surface area contributed by atoms with E-state index >= 15 is 0 Å². The first-order valence-electron chi connectivity index (χ1n) is 11.9. The zero-order chi connectivity index (χ0) is 26.4. The molecule has 12 nitrogen and oxygen atoms in total. The molecule has 196 valence electrons. The number of hydrogen-bond acceptors (Lipinski definition) is 10. The van der Waals surface area contributed by atoms with Crippen LogP contribution < -0.4 is 5.14 Å². The van der Waals surface area contributed by atoms with Crippen molar-refractivity contribution < 1.29 is 17.9 Å². The predicted molar refractivity (Wildman–Crippen MR) is 136 cm³/mol. The number of unbranched alkanes of at least 4 members (excludes halogenated alkanes) is 2. The van der Waals surface area contributed by atoms with Crippen molar-refractivity contribution in [3.05, 3.63) is 63.7 Å². The number of primary sulfonamides is 1. The van der Waals surface area contributed by atoms with Crippen LogP contribution in [0.4, 0.5) is 0 Å². The molecule has 0 atom stereocenters. The Labute approximate surface area is 218 Å². The number of H-pyrrole nitrogens is 1. The zero-order valence-electron chi connectivity index (χ0n) is 20.5. The van der Waals surface area contributed by atoms with Crippen molar-refractivity contribution in [2.24, 2.45) is 5.14 Å². The third kappa shape index (κ3) is 6.45. The zero-order valence-corrected chi connectivity index (χ0v) is 22.2. The van der Waals surface area contributed by atoms with Crippen molar-refractivity contribution in [3.63, 3.8) is 0 Å². The van der Waals surface area contributed by atoms with Gasteiger partial charge in [-0.2, -0.15) is 10.3 Å². The Morgan fingerprint density at radius 1 is 1.16 bits per heavy atom. The van der Waals surface area contributed by atoms with Crippen molar-refractivity contribution in [3.8, 4) is 5.13 Å². The Balaban J connectivity index is 1.78. The number of carbonyl (C=O) groups is 1. The number of ether oxygens (including phenoxy) is 1. The molecule has 0 amide bonds. The molecule has 0 aliphatic rings. The maximum absolute atomic E-state index is 12.2. The number of aryl methyl sites for hydroxylation is 1. The number of hydrogen-bond donors (Lipinski definition) is 2. The highest BCUT2D eigenvalue weighted by atomic mass is 32.2. The molecule has 0 spiro atoms. The molecule has 0 fully saturated rings. The van der Waals surface area contributed by atoms with Crippen LogP contribution in [0.2, 0.25) is 0 Å². The highest BCUT2D eigenvalue weighted by molar-refractivity contribution is 7.89. The van der Waals surface area contributed by atoms with Gasteiger partial charge in [0.1, 0.15) is 0 Å². The van der Waals surface area contributed by atoms with Gasteiger partial charge in [0.25, 0.3) is 0 Å². The number of benzene rings is 1. The summed E-state index contributed by atoms with van der Waals surface area (Å²) in [5.74, 6) is -0.00975. The Bertz CT molecular complexity index is 1440. The van der Waals surface area contributed by atoms with Crippen LogP contribution in [-0.4, -0.2) is 56.4 Å². The monoisotopic (exact) mass is 544 g/mol. The highest BCUT2D eigenvalue weighted by Crippen LogP contribution is 2.27. The van der Waals surface area contributed by atoms with Gasteiger partial charge in [-0.3, -0.25) is 0 Å². The lowest BCUT2D eigenvalue weighted by molar-refractivity contribution is 0.0520. The Morgan fingerprint density at radius 3 is 2.59 bits per heavy atom. The molecule has 37 heavy (non-hydrogen) atoms. The van der Waals surface area contributed by atoms with Crippen LogP contribution in [0.25, 0.3) is 5.13 Å². The third-order valence-electron chi connectivity index (χ3n) is 5.70. The molecule has 3 heterocycles. The van der Waals surface area contributed by atoms with Crippen LogP contribution in [-0.2, 0) is 34.0 Å². The smallest absolute Gasteiger partial charge is 0.357 e. The number of aromatic nitrogens is 7. The van der Waals surface area contributed by atoms with E-state index in [1.807, 2.05) is 0 Å². The van der Waals surface area contributed by atoms with E-state index in [0.29, 0.717) is 23.8 Å². The van der Waals surface area contributed by atoms with Gasteiger partial charge >= 0.3 is 5.97 Å². The normalized spacial score (nSPS) is 11.6. The quantitative estimate of drug-likeness (QED) is 0.201. The van der Waals surface area contributed by atoms with E-state index in [-0.39, 0.29) is 17.2 Å². The summed E-state index contributed by atoms with van der Waals surface area (Å²) in [4.78, 5) is 16.8. The van der Waals surface area contributed by atoms with Crippen LogP contribution in [0.5, 0.6) is 0 Å². The van der Waals surface area contributed by atoms with Gasteiger partial charge in [-0.15, -0.1) is 21.5 Å². The minimum absolute atomic E-state index is 0.0522. The predicted octanol–water partition coefficient (Wildman–Crippen LogP) is 2.58. The standard InChI is InChI=1S/C23H28N8O4S2/c1-3-5-6-7-18-17(12-15-8-10-16(11-9-15)37(24,33)34)20(13-21-26-29-30-27-21)31(28-18)23-25-19(14-36-23)22(32)35-4-2/h8-11,14H,3-7,12-13H2,1-2H3,(H2,24,33,34)(H,26,27,29,30). The molecule has 0 bridgehead atoms. The molecule has 0 unspecified atom stereocenters. The second kappa shape index (κ2) is 11.7. The molecule has 3 aromatic heterocycles. The van der Waals surface area contributed by atoms with E-state index in [0.717, 1.165) is 48.2 Å². The molecule has 4 aromatic rings. The second-order valence-corrected chi connectivity index (χ2v) is 10.7. The number of rotatable bonds is 12.